The maximum atomic E-state index is 11.9. The number of carbonyl (C=O) groups excluding carboxylic acids is 1. The number of aromatic nitrogens is 2. The Hall–Kier alpha value is -2.41. The third-order valence-electron chi connectivity index (χ3n) is 2.57. The molecule has 0 aliphatic heterocycles. The number of hydrogen-bond donors (Lipinski definition) is 2. The van der Waals surface area contributed by atoms with Crippen LogP contribution in [0.2, 0.25) is 0 Å². The molecule has 2 N–H and O–H groups in total. The van der Waals surface area contributed by atoms with Gasteiger partial charge in [-0.15, -0.1) is 11.3 Å². The van der Waals surface area contributed by atoms with E-state index in [9.17, 15) is 9.59 Å². The van der Waals surface area contributed by atoms with Crippen LogP contribution in [0.5, 0.6) is 0 Å². The van der Waals surface area contributed by atoms with E-state index in [-0.39, 0.29) is 5.91 Å². The van der Waals surface area contributed by atoms with Crippen molar-refractivity contribution in [2.45, 2.75) is 6.54 Å². The molecular weight excluding hydrogens is 278 g/mol. The van der Waals surface area contributed by atoms with Crippen LogP contribution in [0.15, 0.2) is 30.6 Å². The highest BCUT2D eigenvalue weighted by Gasteiger charge is 2.09. The first kappa shape index (κ1) is 14.0. The average Bonchev–Trinajstić information content (AvgIpc) is 3.02. The van der Waals surface area contributed by atoms with Gasteiger partial charge in [-0.1, -0.05) is 0 Å². The summed E-state index contributed by atoms with van der Waals surface area (Å²) in [4.78, 5) is 27.7. The van der Waals surface area contributed by atoms with Crippen molar-refractivity contribution in [3.8, 4) is 0 Å². The molecule has 0 unspecified atom stereocenters. The van der Waals surface area contributed by atoms with E-state index in [1.807, 2.05) is 11.6 Å². The van der Waals surface area contributed by atoms with E-state index in [1.54, 1.807) is 24.5 Å². The molecule has 2 heterocycles. The van der Waals surface area contributed by atoms with Crippen LogP contribution in [0.25, 0.3) is 6.08 Å². The highest BCUT2D eigenvalue weighted by molar-refractivity contribution is 7.14. The minimum Gasteiger partial charge on any atom is -0.478 e. The Bertz CT molecular complexity index is 657. The number of hydrogen-bond acceptors (Lipinski definition) is 4. The predicted molar refractivity (Wildman–Crippen MR) is 75.4 cm³/mol. The lowest BCUT2D eigenvalue weighted by molar-refractivity contribution is -0.131. The van der Waals surface area contributed by atoms with Crippen molar-refractivity contribution >= 4 is 29.3 Å². The van der Waals surface area contributed by atoms with E-state index in [2.05, 4.69) is 10.3 Å². The molecule has 0 aliphatic rings. The summed E-state index contributed by atoms with van der Waals surface area (Å²) in [5.74, 6) is -0.451. The van der Waals surface area contributed by atoms with E-state index >= 15 is 0 Å². The molecule has 0 saturated heterocycles. The fourth-order valence-corrected chi connectivity index (χ4v) is 2.36. The van der Waals surface area contributed by atoms with Gasteiger partial charge in [-0.2, -0.15) is 0 Å². The molecular formula is C13H13N3O3S. The number of aliphatic carboxylic acids is 1. The SMILES string of the molecule is Cn1ccnc1CNC(=O)c1ccc(C=CC(=O)O)s1. The first-order chi connectivity index (χ1) is 9.56. The van der Waals surface area contributed by atoms with Crippen LogP contribution in [0.1, 0.15) is 20.4 Å². The minimum absolute atomic E-state index is 0.201. The maximum Gasteiger partial charge on any atom is 0.328 e. The Kier molecular flexibility index (Phi) is 4.31. The number of nitrogens with zero attached hydrogens (tertiary/aromatic N) is 2. The van der Waals surface area contributed by atoms with Crippen molar-refractivity contribution < 1.29 is 14.7 Å². The summed E-state index contributed by atoms with van der Waals surface area (Å²) in [5.41, 5.74) is 0. The van der Waals surface area contributed by atoms with Gasteiger partial charge in [0, 0.05) is 30.4 Å². The molecule has 0 fully saturated rings. The van der Waals surface area contributed by atoms with Crippen molar-refractivity contribution in [2.75, 3.05) is 0 Å². The van der Waals surface area contributed by atoms with Crippen LogP contribution in [-0.2, 0) is 18.4 Å². The minimum atomic E-state index is -1.01. The number of aryl methyl sites for hydroxylation is 1. The van der Waals surface area contributed by atoms with Gasteiger partial charge in [-0.05, 0) is 18.2 Å². The molecule has 0 aliphatic carbocycles. The van der Waals surface area contributed by atoms with Crippen molar-refractivity contribution in [2.24, 2.45) is 7.05 Å². The highest BCUT2D eigenvalue weighted by atomic mass is 32.1. The Labute approximate surface area is 119 Å². The fraction of sp³-hybridized carbons (Fsp3) is 0.154. The molecule has 0 radical (unpaired) electrons. The van der Waals surface area contributed by atoms with Crippen molar-refractivity contribution in [3.63, 3.8) is 0 Å². The van der Waals surface area contributed by atoms with Crippen LogP contribution < -0.4 is 5.32 Å². The van der Waals surface area contributed by atoms with Crippen LogP contribution in [0, 0.1) is 0 Å². The van der Waals surface area contributed by atoms with Gasteiger partial charge < -0.3 is 15.0 Å². The van der Waals surface area contributed by atoms with Crippen LogP contribution in [0.4, 0.5) is 0 Å². The summed E-state index contributed by atoms with van der Waals surface area (Å²) in [7, 11) is 1.86. The highest BCUT2D eigenvalue weighted by Crippen LogP contribution is 2.17. The second kappa shape index (κ2) is 6.16. The van der Waals surface area contributed by atoms with Crippen LogP contribution in [0.3, 0.4) is 0 Å². The van der Waals surface area contributed by atoms with Gasteiger partial charge in [0.15, 0.2) is 0 Å². The second-order valence-corrected chi connectivity index (χ2v) is 5.13. The molecule has 104 valence electrons. The molecule has 0 spiro atoms. The standard InChI is InChI=1S/C13H13N3O3S/c1-16-7-6-14-11(16)8-15-13(19)10-4-2-9(20-10)3-5-12(17)18/h2-7H,8H2,1H3,(H,15,19)(H,17,18). The zero-order valence-corrected chi connectivity index (χ0v) is 11.6. The third kappa shape index (κ3) is 3.55. The van der Waals surface area contributed by atoms with E-state index in [0.29, 0.717) is 11.4 Å². The average molecular weight is 291 g/mol. The summed E-state index contributed by atoms with van der Waals surface area (Å²) in [6.45, 7) is 0.348. The summed E-state index contributed by atoms with van der Waals surface area (Å²) in [5, 5.41) is 11.3. The normalized spacial score (nSPS) is 10.8. The summed E-state index contributed by atoms with van der Waals surface area (Å²) < 4.78 is 1.83. The molecule has 20 heavy (non-hydrogen) atoms. The van der Waals surface area contributed by atoms with E-state index in [4.69, 9.17) is 5.11 Å². The number of carboxylic acid groups (broad SMARTS) is 1. The Balaban J connectivity index is 1.96. The summed E-state index contributed by atoms with van der Waals surface area (Å²) >= 11 is 1.23. The molecule has 0 bridgehead atoms. The Morgan fingerprint density at radius 3 is 2.95 bits per heavy atom. The smallest absolute Gasteiger partial charge is 0.328 e. The van der Waals surface area contributed by atoms with Crippen LogP contribution in [-0.4, -0.2) is 26.5 Å². The Morgan fingerprint density at radius 1 is 1.50 bits per heavy atom. The molecule has 2 aromatic heterocycles. The zero-order valence-electron chi connectivity index (χ0n) is 10.7. The molecule has 1 amide bonds. The summed E-state index contributed by atoms with van der Waals surface area (Å²) in [6.07, 6.45) is 5.98. The molecule has 0 aromatic carbocycles. The lowest BCUT2D eigenvalue weighted by Gasteiger charge is -2.03. The summed E-state index contributed by atoms with van der Waals surface area (Å²) in [6, 6.07) is 3.37. The molecule has 2 rings (SSSR count). The Morgan fingerprint density at radius 2 is 2.30 bits per heavy atom. The second-order valence-electron chi connectivity index (χ2n) is 4.01. The monoisotopic (exact) mass is 291 g/mol. The number of imidazole rings is 1. The van der Waals surface area contributed by atoms with Gasteiger partial charge in [0.1, 0.15) is 5.82 Å². The lowest BCUT2D eigenvalue weighted by Crippen LogP contribution is -2.23. The number of carboxylic acids is 1. The molecule has 0 atom stereocenters. The third-order valence-corrected chi connectivity index (χ3v) is 3.62. The number of carbonyl (C=O) groups is 2. The van der Waals surface area contributed by atoms with E-state index in [1.165, 1.54) is 17.4 Å². The number of rotatable bonds is 5. The maximum absolute atomic E-state index is 11.9. The van der Waals surface area contributed by atoms with Gasteiger partial charge in [-0.3, -0.25) is 4.79 Å². The molecule has 6 nitrogen and oxygen atoms in total. The van der Waals surface area contributed by atoms with Gasteiger partial charge in [-0.25, -0.2) is 9.78 Å². The van der Waals surface area contributed by atoms with Gasteiger partial charge >= 0.3 is 5.97 Å². The predicted octanol–water partition coefficient (Wildman–Crippen LogP) is 1.51. The quantitative estimate of drug-likeness (QED) is 0.818. The first-order valence-corrected chi connectivity index (χ1v) is 6.63. The van der Waals surface area contributed by atoms with Gasteiger partial charge in [0.05, 0.1) is 11.4 Å². The zero-order chi connectivity index (χ0) is 14.5. The van der Waals surface area contributed by atoms with Gasteiger partial charge in [0.2, 0.25) is 0 Å². The van der Waals surface area contributed by atoms with Gasteiger partial charge in [0.25, 0.3) is 5.91 Å². The lowest BCUT2D eigenvalue weighted by atomic mass is 10.4. The number of thiophene rings is 1. The molecule has 7 heteroatoms. The fourth-order valence-electron chi connectivity index (χ4n) is 1.53. The molecule has 2 aromatic rings. The topological polar surface area (TPSA) is 84.2 Å². The van der Waals surface area contributed by atoms with E-state index in [0.717, 1.165) is 16.8 Å². The largest absolute Gasteiger partial charge is 0.478 e. The van der Waals surface area contributed by atoms with Crippen molar-refractivity contribution in [3.05, 3.63) is 46.2 Å². The van der Waals surface area contributed by atoms with Crippen LogP contribution >= 0.6 is 11.3 Å². The molecule has 0 saturated carbocycles. The number of amides is 1. The van der Waals surface area contributed by atoms with Crippen molar-refractivity contribution in [1.82, 2.24) is 14.9 Å². The number of nitrogens with one attached hydrogen (secondary N) is 1. The first-order valence-electron chi connectivity index (χ1n) is 5.81. The van der Waals surface area contributed by atoms with Crippen molar-refractivity contribution in [1.29, 1.82) is 0 Å². The van der Waals surface area contributed by atoms with E-state index < -0.39 is 5.97 Å².